The van der Waals surface area contributed by atoms with Gasteiger partial charge in [-0.2, -0.15) is 0 Å². The van der Waals surface area contributed by atoms with Crippen LogP contribution in [0.3, 0.4) is 0 Å². The third-order valence-corrected chi connectivity index (χ3v) is 4.51. The molecule has 0 bridgehead atoms. The van der Waals surface area contributed by atoms with Crippen molar-refractivity contribution in [1.29, 1.82) is 0 Å². The van der Waals surface area contributed by atoms with Gasteiger partial charge in [-0.1, -0.05) is 64.5 Å². The second kappa shape index (κ2) is 6.98. The fraction of sp³-hybridized carbons (Fsp3) is 0. The summed E-state index contributed by atoms with van der Waals surface area (Å²) >= 11 is 4.38. The lowest BCUT2D eigenvalue weighted by Gasteiger charge is -2.11. The van der Waals surface area contributed by atoms with E-state index in [-0.39, 0.29) is 11.1 Å². The fourth-order valence-corrected chi connectivity index (χ4v) is 3.62. The van der Waals surface area contributed by atoms with Crippen molar-refractivity contribution in [2.24, 2.45) is 0 Å². The average Bonchev–Trinajstić information content (AvgIpc) is 2.83. The number of halogens is 1. The van der Waals surface area contributed by atoms with Gasteiger partial charge in [-0.25, -0.2) is 4.90 Å². The lowest BCUT2D eigenvalue weighted by molar-refractivity contribution is -0.113. The van der Waals surface area contributed by atoms with Crippen molar-refractivity contribution < 1.29 is 9.59 Å². The Bertz CT molecular complexity index is 800. The van der Waals surface area contributed by atoms with E-state index in [1.165, 1.54) is 4.90 Å². The van der Waals surface area contributed by atoms with E-state index in [2.05, 4.69) is 15.9 Å². The summed E-state index contributed by atoms with van der Waals surface area (Å²) in [4.78, 5) is 26.2. The number of anilines is 1. The largest absolute Gasteiger partial charge is 0.298 e. The molecule has 0 aliphatic carbocycles. The van der Waals surface area contributed by atoms with Crippen molar-refractivity contribution in [3.05, 3.63) is 81.7 Å². The maximum Gasteiger partial charge on any atom is 0.298 e. The quantitative estimate of drug-likeness (QED) is 0.680. The van der Waals surface area contributed by atoms with Crippen LogP contribution in [-0.2, 0) is 4.79 Å². The minimum Gasteiger partial charge on any atom is -0.268 e. The first-order chi connectivity index (χ1) is 11.1. The molecule has 2 aromatic rings. The molecule has 1 fully saturated rings. The topological polar surface area (TPSA) is 37.4 Å². The van der Waals surface area contributed by atoms with Crippen LogP contribution in [0.15, 0.2) is 76.1 Å². The number of thioether (sulfide) groups is 1. The van der Waals surface area contributed by atoms with Gasteiger partial charge < -0.3 is 0 Å². The lowest BCUT2D eigenvalue weighted by Crippen LogP contribution is -2.27. The van der Waals surface area contributed by atoms with Crippen molar-refractivity contribution in [2.75, 3.05) is 4.90 Å². The van der Waals surface area contributed by atoms with E-state index >= 15 is 0 Å². The Hall–Kier alpha value is -2.11. The first-order valence-corrected chi connectivity index (χ1v) is 8.51. The molecule has 23 heavy (non-hydrogen) atoms. The zero-order valence-electron chi connectivity index (χ0n) is 12.0. The smallest absolute Gasteiger partial charge is 0.268 e. The summed E-state index contributed by atoms with van der Waals surface area (Å²) in [5.41, 5.74) is 1.60. The number of hydrogen-bond acceptors (Lipinski definition) is 3. The number of carbonyl (C=O) groups is 2. The molecule has 1 saturated heterocycles. The molecule has 2 aromatic carbocycles. The minimum atomic E-state index is -0.301. The molecule has 1 aliphatic heterocycles. The molecule has 2 amide bonds. The summed E-state index contributed by atoms with van der Waals surface area (Å²) in [5, 5.41) is -0.285. The Kier molecular flexibility index (Phi) is 4.79. The van der Waals surface area contributed by atoms with Crippen LogP contribution >= 0.6 is 27.7 Å². The highest BCUT2D eigenvalue weighted by atomic mass is 79.9. The van der Waals surface area contributed by atoms with Crippen LogP contribution in [0.2, 0.25) is 0 Å². The summed E-state index contributed by atoms with van der Waals surface area (Å²) in [6.45, 7) is 0. The zero-order chi connectivity index (χ0) is 16.2. The minimum absolute atomic E-state index is 0.285. The summed E-state index contributed by atoms with van der Waals surface area (Å²) in [6, 6.07) is 18.7. The first kappa shape index (κ1) is 15.8. The molecule has 0 atom stereocenters. The SMILES string of the molecule is O=C1SC(=CC(Br)=Cc2ccccc2)C(=O)N1c1ccccc1. The second-order valence-corrected chi connectivity index (χ2v) is 6.70. The number of carbonyl (C=O) groups excluding carboxylic acids is 2. The highest BCUT2D eigenvalue weighted by molar-refractivity contribution is 9.12. The van der Waals surface area contributed by atoms with Crippen LogP contribution in [-0.4, -0.2) is 11.1 Å². The Labute approximate surface area is 146 Å². The monoisotopic (exact) mass is 385 g/mol. The summed E-state index contributed by atoms with van der Waals surface area (Å²) in [7, 11) is 0. The highest BCUT2D eigenvalue weighted by Gasteiger charge is 2.36. The Morgan fingerprint density at radius 3 is 2.22 bits per heavy atom. The highest BCUT2D eigenvalue weighted by Crippen LogP contribution is 2.35. The molecular formula is C18H12BrNO2S. The molecule has 3 rings (SSSR count). The third-order valence-electron chi connectivity index (χ3n) is 3.18. The second-order valence-electron chi connectivity index (χ2n) is 4.79. The van der Waals surface area contributed by atoms with Crippen LogP contribution < -0.4 is 4.90 Å². The Morgan fingerprint density at radius 1 is 0.957 bits per heavy atom. The van der Waals surface area contributed by atoms with Gasteiger partial charge in [-0.05, 0) is 41.6 Å². The number of hydrogen-bond donors (Lipinski definition) is 0. The number of amides is 2. The van der Waals surface area contributed by atoms with E-state index in [0.29, 0.717) is 10.6 Å². The predicted octanol–water partition coefficient (Wildman–Crippen LogP) is 5.21. The number of rotatable bonds is 3. The molecule has 5 heteroatoms. The molecule has 0 saturated carbocycles. The van der Waals surface area contributed by atoms with Crippen molar-refractivity contribution in [3.8, 4) is 0 Å². The fourth-order valence-electron chi connectivity index (χ4n) is 2.14. The van der Waals surface area contributed by atoms with Gasteiger partial charge in [-0.15, -0.1) is 0 Å². The van der Waals surface area contributed by atoms with E-state index in [0.717, 1.165) is 21.8 Å². The van der Waals surface area contributed by atoms with Gasteiger partial charge in [0, 0.05) is 4.48 Å². The van der Waals surface area contributed by atoms with Crippen LogP contribution in [0.1, 0.15) is 5.56 Å². The van der Waals surface area contributed by atoms with Gasteiger partial charge in [0.1, 0.15) is 0 Å². The van der Waals surface area contributed by atoms with Gasteiger partial charge in [0.15, 0.2) is 0 Å². The van der Waals surface area contributed by atoms with E-state index in [9.17, 15) is 9.59 Å². The number of allylic oxidation sites excluding steroid dienone is 2. The number of imide groups is 1. The Morgan fingerprint density at radius 2 is 1.57 bits per heavy atom. The molecule has 1 heterocycles. The maximum absolute atomic E-state index is 12.5. The predicted molar refractivity (Wildman–Crippen MR) is 98.3 cm³/mol. The molecule has 114 valence electrons. The van der Waals surface area contributed by atoms with E-state index in [4.69, 9.17) is 0 Å². The average molecular weight is 386 g/mol. The molecule has 0 radical (unpaired) electrons. The van der Waals surface area contributed by atoms with Gasteiger partial charge in [-0.3, -0.25) is 9.59 Å². The van der Waals surface area contributed by atoms with Crippen molar-refractivity contribution in [1.82, 2.24) is 0 Å². The van der Waals surface area contributed by atoms with Crippen molar-refractivity contribution in [3.63, 3.8) is 0 Å². The van der Waals surface area contributed by atoms with Gasteiger partial charge in [0.25, 0.3) is 11.1 Å². The van der Waals surface area contributed by atoms with Gasteiger partial charge in [0.05, 0.1) is 10.6 Å². The molecule has 3 nitrogen and oxygen atoms in total. The molecule has 0 aromatic heterocycles. The Balaban J connectivity index is 1.86. The summed E-state index contributed by atoms with van der Waals surface area (Å²) in [6.07, 6.45) is 3.58. The number of benzene rings is 2. The van der Waals surface area contributed by atoms with E-state index < -0.39 is 0 Å². The van der Waals surface area contributed by atoms with Crippen LogP contribution in [0.25, 0.3) is 6.08 Å². The zero-order valence-corrected chi connectivity index (χ0v) is 14.4. The van der Waals surface area contributed by atoms with Gasteiger partial charge >= 0.3 is 0 Å². The van der Waals surface area contributed by atoms with Crippen molar-refractivity contribution >= 4 is 50.6 Å². The molecule has 0 unspecified atom stereocenters. The number of nitrogens with zero attached hydrogens (tertiary/aromatic N) is 1. The molecular weight excluding hydrogens is 374 g/mol. The first-order valence-electron chi connectivity index (χ1n) is 6.90. The van der Waals surface area contributed by atoms with Gasteiger partial charge in [0.2, 0.25) is 0 Å². The lowest BCUT2D eigenvalue weighted by atomic mass is 10.2. The van der Waals surface area contributed by atoms with Crippen LogP contribution in [0.5, 0.6) is 0 Å². The standard InChI is InChI=1S/C18H12BrNO2S/c19-14(11-13-7-3-1-4-8-13)12-16-17(21)20(18(22)23-16)15-9-5-2-6-10-15/h1-12H. The normalized spacial score (nSPS) is 17.2. The summed E-state index contributed by atoms with van der Waals surface area (Å²) < 4.78 is 0.738. The van der Waals surface area contributed by atoms with Crippen LogP contribution in [0, 0.1) is 0 Å². The molecule has 0 N–H and O–H groups in total. The number of para-hydroxylation sites is 1. The van der Waals surface area contributed by atoms with Crippen LogP contribution in [0.4, 0.5) is 10.5 Å². The molecule has 0 spiro atoms. The third kappa shape index (κ3) is 3.63. The van der Waals surface area contributed by atoms with Crippen molar-refractivity contribution in [2.45, 2.75) is 0 Å². The van der Waals surface area contributed by atoms with E-state index in [1.807, 2.05) is 42.5 Å². The maximum atomic E-state index is 12.5. The van der Waals surface area contributed by atoms with E-state index in [1.54, 1.807) is 30.3 Å². The molecule has 1 aliphatic rings. The summed E-state index contributed by atoms with van der Waals surface area (Å²) in [5.74, 6) is -0.301.